The van der Waals surface area contributed by atoms with Crippen molar-refractivity contribution in [2.75, 3.05) is 6.61 Å². The van der Waals surface area contributed by atoms with Gasteiger partial charge in [-0.05, 0) is 25.1 Å². The number of carbonyl (C=O) groups excluding carboxylic acids is 2. The lowest BCUT2D eigenvalue weighted by Gasteiger charge is -2.01. The number of carbonyl (C=O) groups is 2. The molecule has 2 rings (SSSR count). The molecule has 0 unspecified atom stereocenters. The van der Waals surface area contributed by atoms with Crippen molar-refractivity contribution in [1.82, 2.24) is 4.98 Å². The van der Waals surface area contributed by atoms with Crippen LogP contribution in [0.4, 0.5) is 0 Å². The van der Waals surface area contributed by atoms with Crippen molar-refractivity contribution in [3.63, 3.8) is 0 Å². The van der Waals surface area contributed by atoms with Crippen molar-refractivity contribution in [2.45, 2.75) is 6.92 Å². The molecule has 0 aliphatic rings. The largest absolute Gasteiger partial charge is 0.460 e. The molecular formula is C12H10ClNO3. The van der Waals surface area contributed by atoms with Crippen LogP contribution in [-0.2, 0) is 9.53 Å². The fraction of sp³-hybridized carbons (Fsp3) is 0.167. The molecule has 0 atom stereocenters. The number of Topliss-reactive ketones (excluding diaryl/α,β-unsaturated/α-hetero) is 1. The van der Waals surface area contributed by atoms with Gasteiger partial charge in [0.05, 0.1) is 11.6 Å². The zero-order chi connectivity index (χ0) is 12.4. The van der Waals surface area contributed by atoms with E-state index < -0.39 is 11.8 Å². The van der Waals surface area contributed by atoms with Crippen molar-refractivity contribution in [3.05, 3.63) is 35.0 Å². The first kappa shape index (κ1) is 11.7. The maximum Gasteiger partial charge on any atom is 0.379 e. The van der Waals surface area contributed by atoms with Gasteiger partial charge in [-0.3, -0.25) is 4.79 Å². The molecule has 0 aliphatic heterocycles. The number of rotatable bonds is 3. The molecule has 17 heavy (non-hydrogen) atoms. The summed E-state index contributed by atoms with van der Waals surface area (Å²) in [4.78, 5) is 25.9. The van der Waals surface area contributed by atoms with Gasteiger partial charge < -0.3 is 9.72 Å². The number of aromatic amines is 1. The van der Waals surface area contributed by atoms with Gasteiger partial charge in [-0.15, -0.1) is 0 Å². The lowest BCUT2D eigenvalue weighted by Crippen LogP contribution is -2.17. The summed E-state index contributed by atoms with van der Waals surface area (Å²) in [6.07, 6.45) is 1.63. The van der Waals surface area contributed by atoms with Crippen LogP contribution in [-0.4, -0.2) is 23.3 Å². The first-order valence-corrected chi connectivity index (χ1v) is 5.49. The van der Waals surface area contributed by atoms with Crippen LogP contribution < -0.4 is 0 Å². The number of ether oxygens (including phenoxy) is 1. The SMILES string of the molecule is CCOC(=O)C(=O)c1ccc2[nH]cc(Cl)c2c1. The number of H-pyrrole nitrogens is 1. The molecule has 1 aromatic heterocycles. The summed E-state index contributed by atoms with van der Waals surface area (Å²) >= 11 is 5.93. The second kappa shape index (κ2) is 4.59. The fourth-order valence-corrected chi connectivity index (χ4v) is 1.75. The quantitative estimate of drug-likeness (QED) is 0.518. The number of esters is 1. The third-order valence-corrected chi connectivity index (χ3v) is 2.67. The van der Waals surface area contributed by atoms with Gasteiger partial charge >= 0.3 is 5.97 Å². The van der Waals surface area contributed by atoms with E-state index >= 15 is 0 Å². The average molecular weight is 252 g/mol. The zero-order valence-electron chi connectivity index (χ0n) is 9.12. The highest BCUT2D eigenvalue weighted by molar-refractivity contribution is 6.41. The molecule has 2 aromatic rings. The zero-order valence-corrected chi connectivity index (χ0v) is 9.88. The summed E-state index contributed by atoms with van der Waals surface area (Å²) < 4.78 is 4.65. The second-order valence-corrected chi connectivity index (χ2v) is 3.85. The molecule has 5 heteroatoms. The summed E-state index contributed by atoms with van der Waals surface area (Å²) in [6.45, 7) is 1.83. The molecule has 1 N–H and O–H groups in total. The number of ketones is 1. The van der Waals surface area contributed by atoms with Gasteiger partial charge in [-0.25, -0.2) is 4.79 Å². The minimum Gasteiger partial charge on any atom is -0.460 e. The fourth-order valence-electron chi connectivity index (χ4n) is 1.54. The number of hydrogen-bond acceptors (Lipinski definition) is 3. The van der Waals surface area contributed by atoms with Crippen LogP contribution in [0.2, 0.25) is 5.02 Å². The van der Waals surface area contributed by atoms with Crippen molar-refractivity contribution in [3.8, 4) is 0 Å². The van der Waals surface area contributed by atoms with Gasteiger partial charge in [0.15, 0.2) is 0 Å². The molecular weight excluding hydrogens is 242 g/mol. The van der Waals surface area contributed by atoms with Crippen LogP contribution in [0.1, 0.15) is 17.3 Å². The summed E-state index contributed by atoms with van der Waals surface area (Å²) in [6, 6.07) is 4.84. The highest BCUT2D eigenvalue weighted by atomic mass is 35.5. The Labute approximate surface area is 103 Å². The maximum absolute atomic E-state index is 11.7. The highest BCUT2D eigenvalue weighted by Crippen LogP contribution is 2.24. The Morgan fingerprint density at radius 2 is 2.18 bits per heavy atom. The Balaban J connectivity index is 2.39. The summed E-state index contributed by atoms with van der Waals surface area (Å²) in [5.41, 5.74) is 1.09. The third kappa shape index (κ3) is 2.17. The molecule has 0 aliphatic carbocycles. The van der Waals surface area contributed by atoms with Gasteiger partial charge in [-0.1, -0.05) is 11.6 Å². The Bertz CT molecular complexity index is 588. The van der Waals surface area contributed by atoms with Crippen LogP contribution in [0.5, 0.6) is 0 Å². The number of fused-ring (bicyclic) bond motifs is 1. The lowest BCUT2D eigenvalue weighted by atomic mass is 10.1. The van der Waals surface area contributed by atoms with Crippen LogP contribution in [0.25, 0.3) is 10.9 Å². The second-order valence-electron chi connectivity index (χ2n) is 3.45. The monoisotopic (exact) mass is 251 g/mol. The molecule has 0 radical (unpaired) electrons. The Morgan fingerprint density at radius 1 is 1.41 bits per heavy atom. The van der Waals surface area contributed by atoms with E-state index in [2.05, 4.69) is 9.72 Å². The molecule has 1 heterocycles. The standard InChI is InChI=1S/C12H10ClNO3/c1-2-17-12(16)11(15)7-3-4-10-8(5-7)9(13)6-14-10/h3-6,14H,2H2,1H3. The number of hydrogen-bond donors (Lipinski definition) is 1. The van der Waals surface area contributed by atoms with E-state index in [4.69, 9.17) is 11.6 Å². The van der Waals surface area contributed by atoms with Gasteiger partial charge in [0, 0.05) is 22.7 Å². The van der Waals surface area contributed by atoms with Gasteiger partial charge in [0.2, 0.25) is 0 Å². The molecule has 1 aromatic carbocycles. The van der Waals surface area contributed by atoms with E-state index in [-0.39, 0.29) is 12.2 Å². The predicted molar refractivity (Wildman–Crippen MR) is 64.3 cm³/mol. The minimum atomic E-state index is -0.849. The normalized spacial score (nSPS) is 10.5. The first-order chi connectivity index (χ1) is 8.13. The average Bonchev–Trinajstić information content (AvgIpc) is 2.70. The Morgan fingerprint density at radius 3 is 2.88 bits per heavy atom. The molecule has 0 amide bonds. The number of halogens is 1. The van der Waals surface area contributed by atoms with E-state index in [0.717, 1.165) is 5.52 Å². The van der Waals surface area contributed by atoms with E-state index in [9.17, 15) is 9.59 Å². The highest BCUT2D eigenvalue weighted by Gasteiger charge is 2.18. The van der Waals surface area contributed by atoms with Gasteiger partial charge in [0.25, 0.3) is 5.78 Å². The molecule has 0 saturated carbocycles. The van der Waals surface area contributed by atoms with Crippen molar-refractivity contribution >= 4 is 34.3 Å². The molecule has 0 saturated heterocycles. The van der Waals surface area contributed by atoms with Crippen molar-refractivity contribution in [2.24, 2.45) is 0 Å². The number of nitrogens with one attached hydrogen (secondary N) is 1. The smallest absolute Gasteiger partial charge is 0.379 e. The number of benzene rings is 1. The van der Waals surface area contributed by atoms with Gasteiger partial charge in [-0.2, -0.15) is 0 Å². The van der Waals surface area contributed by atoms with Crippen molar-refractivity contribution < 1.29 is 14.3 Å². The molecule has 0 fully saturated rings. The first-order valence-electron chi connectivity index (χ1n) is 5.11. The topological polar surface area (TPSA) is 59.2 Å². The van der Waals surface area contributed by atoms with Crippen molar-refractivity contribution in [1.29, 1.82) is 0 Å². The molecule has 0 bridgehead atoms. The minimum absolute atomic E-state index is 0.178. The van der Waals surface area contributed by atoms with Crippen LogP contribution in [0.3, 0.4) is 0 Å². The molecule has 0 spiro atoms. The molecule has 4 nitrogen and oxygen atoms in total. The van der Waals surface area contributed by atoms with Crippen LogP contribution >= 0.6 is 11.6 Å². The van der Waals surface area contributed by atoms with E-state index in [1.54, 1.807) is 31.3 Å². The number of aromatic nitrogens is 1. The van der Waals surface area contributed by atoms with E-state index in [1.807, 2.05) is 0 Å². The summed E-state index contributed by atoms with van der Waals surface area (Å²) in [5.74, 6) is -1.51. The van der Waals surface area contributed by atoms with E-state index in [0.29, 0.717) is 10.4 Å². The Kier molecular flexibility index (Phi) is 3.15. The lowest BCUT2D eigenvalue weighted by molar-refractivity contribution is -0.137. The summed E-state index contributed by atoms with van der Waals surface area (Å²) in [7, 11) is 0. The third-order valence-electron chi connectivity index (χ3n) is 2.35. The Hall–Kier alpha value is -1.81. The molecule has 88 valence electrons. The van der Waals surface area contributed by atoms with E-state index in [1.165, 1.54) is 0 Å². The van der Waals surface area contributed by atoms with Crippen LogP contribution in [0.15, 0.2) is 24.4 Å². The predicted octanol–water partition coefficient (Wildman–Crippen LogP) is 2.57. The maximum atomic E-state index is 11.7. The van der Waals surface area contributed by atoms with Crippen LogP contribution in [0, 0.1) is 0 Å². The summed E-state index contributed by atoms with van der Waals surface area (Å²) in [5, 5.41) is 1.22. The van der Waals surface area contributed by atoms with Gasteiger partial charge in [0.1, 0.15) is 0 Å².